The van der Waals surface area contributed by atoms with Gasteiger partial charge in [-0.2, -0.15) is 0 Å². The highest BCUT2D eigenvalue weighted by atomic mass is 19.1. The molecule has 0 unspecified atom stereocenters. The molecule has 0 aromatic heterocycles. The van der Waals surface area contributed by atoms with Gasteiger partial charge in [0.1, 0.15) is 5.82 Å². The third-order valence-corrected chi connectivity index (χ3v) is 5.99. The summed E-state index contributed by atoms with van der Waals surface area (Å²) >= 11 is 0. The van der Waals surface area contributed by atoms with Gasteiger partial charge < -0.3 is 5.32 Å². The Hall–Kier alpha value is -1.05. The van der Waals surface area contributed by atoms with Gasteiger partial charge in [-0.05, 0) is 92.4 Å². The summed E-state index contributed by atoms with van der Waals surface area (Å²) in [6, 6.07) is 6.75. The average Bonchev–Trinajstić information content (AvgIpc) is 2.39. The van der Waals surface area contributed by atoms with Gasteiger partial charge in [0.25, 0.3) is 0 Å². The lowest BCUT2D eigenvalue weighted by Gasteiger charge is -2.57. The summed E-state index contributed by atoms with van der Waals surface area (Å²) in [7, 11) is 0. The van der Waals surface area contributed by atoms with Gasteiger partial charge in [0.15, 0.2) is 0 Å². The maximum atomic E-state index is 12.9. The lowest BCUT2D eigenvalue weighted by Crippen LogP contribution is -2.46. The van der Waals surface area contributed by atoms with Crippen molar-refractivity contribution in [2.24, 2.45) is 23.2 Å². The van der Waals surface area contributed by atoms with Gasteiger partial charge in [-0.3, -0.25) is 0 Å². The number of hydrogen-bond donors (Lipinski definition) is 1. The van der Waals surface area contributed by atoms with Gasteiger partial charge >= 0.3 is 0 Å². The fourth-order valence-corrected chi connectivity index (χ4v) is 5.64. The minimum Gasteiger partial charge on any atom is -0.385 e. The molecule has 4 fully saturated rings. The zero-order valence-electron chi connectivity index (χ0n) is 12.1. The van der Waals surface area contributed by atoms with Crippen molar-refractivity contribution in [3.63, 3.8) is 0 Å². The van der Waals surface area contributed by atoms with Crippen molar-refractivity contribution in [1.29, 1.82) is 0 Å². The normalized spacial score (nSPS) is 38.1. The zero-order chi connectivity index (χ0) is 13.6. The van der Waals surface area contributed by atoms with Crippen LogP contribution in [0.5, 0.6) is 0 Å². The molecule has 0 radical (unpaired) electrons. The van der Waals surface area contributed by atoms with E-state index in [1.807, 2.05) is 12.1 Å². The van der Waals surface area contributed by atoms with E-state index in [0.29, 0.717) is 5.41 Å². The SMILES string of the molecule is Fc1ccc(NCCC23CC4CC(CC(C4)C2)C3)cc1. The number of halogens is 1. The molecule has 108 valence electrons. The van der Waals surface area contributed by atoms with E-state index in [0.717, 1.165) is 30.0 Å². The highest BCUT2D eigenvalue weighted by Crippen LogP contribution is 2.61. The predicted octanol–water partition coefficient (Wildman–Crippen LogP) is 4.84. The van der Waals surface area contributed by atoms with E-state index in [4.69, 9.17) is 0 Å². The van der Waals surface area contributed by atoms with Crippen LogP contribution < -0.4 is 5.32 Å². The van der Waals surface area contributed by atoms with Gasteiger partial charge in [0, 0.05) is 12.2 Å². The van der Waals surface area contributed by atoms with Crippen molar-refractivity contribution >= 4 is 5.69 Å². The maximum Gasteiger partial charge on any atom is 0.123 e. The van der Waals surface area contributed by atoms with Gasteiger partial charge in [0.05, 0.1) is 0 Å². The Kier molecular flexibility index (Phi) is 3.01. The molecule has 0 atom stereocenters. The molecular weight excluding hydrogens is 249 g/mol. The van der Waals surface area contributed by atoms with E-state index in [2.05, 4.69) is 5.32 Å². The fraction of sp³-hybridized carbons (Fsp3) is 0.667. The number of benzene rings is 1. The maximum absolute atomic E-state index is 12.9. The number of nitrogens with one attached hydrogen (secondary N) is 1. The second kappa shape index (κ2) is 4.75. The molecule has 0 aliphatic heterocycles. The van der Waals surface area contributed by atoms with Gasteiger partial charge in [-0.1, -0.05) is 0 Å². The van der Waals surface area contributed by atoms with E-state index in [-0.39, 0.29) is 5.82 Å². The van der Waals surface area contributed by atoms with Crippen molar-refractivity contribution < 1.29 is 4.39 Å². The summed E-state index contributed by atoms with van der Waals surface area (Å²) < 4.78 is 12.9. The third kappa shape index (κ3) is 2.34. The molecule has 4 aliphatic carbocycles. The quantitative estimate of drug-likeness (QED) is 0.827. The summed E-state index contributed by atoms with van der Waals surface area (Å²) in [5.74, 6) is 2.95. The van der Waals surface area contributed by atoms with Gasteiger partial charge in [-0.15, -0.1) is 0 Å². The molecule has 0 heterocycles. The van der Waals surface area contributed by atoms with Crippen LogP contribution in [0.2, 0.25) is 0 Å². The Morgan fingerprint density at radius 2 is 1.50 bits per heavy atom. The van der Waals surface area contributed by atoms with Gasteiger partial charge in [0.2, 0.25) is 0 Å². The molecule has 1 N–H and O–H groups in total. The van der Waals surface area contributed by atoms with E-state index < -0.39 is 0 Å². The lowest BCUT2D eigenvalue weighted by molar-refractivity contribution is -0.0552. The first-order chi connectivity index (χ1) is 9.71. The molecule has 1 aromatic carbocycles. The molecule has 1 nitrogen and oxygen atoms in total. The molecule has 1 aromatic rings. The molecule has 5 rings (SSSR count). The van der Waals surface area contributed by atoms with Crippen LogP contribution in [0.1, 0.15) is 44.9 Å². The summed E-state index contributed by atoms with van der Waals surface area (Å²) in [6.07, 6.45) is 10.3. The van der Waals surface area contributed by atoms with Crippen LogP contribution in [0.25, 0.3) is 0 Å². The number of hydrogen-bond acceptors (Lipinski definition) is 1. The summed E-state index contributed by atoms with van der Waals surface area (Å²) in [6.45, 7) is 1.04. The molecular formula is C18H24FN. The highest BCUT2D eigenvalue weighted by molar-refractivity contribution is 5.42. The molecule has 0 saturated heterocycles. The first-order valence-electron chi connectivity index (χ1n) is 8.20. The highest BCUT2D eigenvalue weighted by Gasteiger charge is 2.50. The molecule has 4 bridgehead atoms. The summed E-state index contributed by atoms with van der Waals surface area (Å²) in [5, 5.41) is 3.48. The Morgan fingerprint density at radius 3 is 2.05 bits per heavy atom. The van der Waals surface area contributed by atoms with E-state index >= 15 is 0 Å². The van der Waals surface area contributed by atoms with E-state index in [9.17, 15) is 4.39 Å². The number of anilines is 1. The largest absolute Gasteiger partial charge is 0.385 e. The van der Waals surface area contributed by atoms with Crippen LogP contribution in [0.4, 0.5) is 10.1 Å². The summed E-state index contributed by atoms with van der Waals surface area (Å²) in [5.41, 5.74) is 1.69. The smallest absolute Gasteiger partial charge is 0.123 e. The van der Waals surface area contributed by atoms with Crippen molar-refractivity contribution in [3.8, 4) is 0 Å². The van der Waals surface area contributed by atoms with Crippen LogP contribution >= 0.6 is 0 Å². The first kappa shape index (κ1) is 12.7. The minimum absolute atomic E-state index is 0.156. The standard InChI is InChI=1S/C18H24FN/c19-16-1-3-17(4-2-16)20-6-5-18-10-13-7-14(11-18)9-15(8-13)12-18/h1-4,13-15,20H,5-12H2. The zero-order valence-corrected chi connectivity index (χ0v) is 12.1. The van der Waals surface area contributed by atoms with Crippen molar-refractivity contribution in [1.82, 2.24) is 0 Å². The lowest BCUT2D eigenvalue weighted by atomic mass is 9.49. The Bertz CT molecular complexity index is 443. The molecule has 0 amide bonds. The molecule has 0 spiro atoms. The summed E-state index contributed by atoms with van der Waals surface area (Å²) in [4.78, 5) is 0. The Balaban J connectivity index is 1.36. The van der Waals surface area contributed by atoms with E-state index in [1.54, 1.807) is 0 Å². The first-order valence-corrected chi connectivity index (χ1v) is 8.20. The molecule has 4 aliphatic rings. The van der Waals surface area contributed by atoms with Crippen LogP contribution in [-0.4, -0.2) is 6.54 Å². The topological polar surface area (TPSA) is 12.0 Å². The molecule has 20 heavy (non-hydrogen) atoms. The Labute approximate surface area is 121 Å². The van der Waals surface area contributed by atoms with Crippen LogP contribution in [0.15, 0.2) is 24.3 Å². The van der Waals surface area contributed by atoms with Crippen LogP contribution in [-0.2, 0) is 0 Å². The predicted molar refractivity (Wildman–Crippen MR) is 80.1 cm³/mol. The minimum atomic E-state index is -0.156. The average molecular weight is 273 g/mol. The van der Waals surface area contributed by atoms with Crippen molar-refractivity contribution in [3.05, 3.63) is 30.1 Å². The molecule has 2 heteroatoms. The second-order valence-electron chi connectivity index (χ2n) is 7.60. The fourth-order valence-electron chi connectivity index (χ4n) is 5.64. The third-order valence-electron chi connectivity index (χ3n) is 5.99. The van der Waals surface area contributed by atoms with Crippen molar-refractivity contribution in [2.75, 3.05) is 11.9 Å². The second-order valence-corrected chi connectivity index (χ2v) is 7.60. The van der Waals surface area contributed by atoms with Crippen molar-refractivity contribution in [2.45, 2.75) is 44.9 Å². The van der Waals surface area contributed by atoms with E-state index in [1.165, 1.54) is 57.1 Å². The molecule has 4 saturated carbocycles. The van der Waals surface area contributed by atoms with Crippen LogP contribution in [0, 0.1) is 29.0 Å². The number of rotatable bonds is 4. The van der Waals surface area contributed by atoms with Gasteiger partial charge in [-0.25, -0.2) is 4.39 Å². The Morgan fingerprint density at radius 1 is 0.950 bits per heavy atom. The van der Waals surface area contributed by atoms with Crippen LogP contribution in [0.3, 0.4) is 0 Å². The monoisotopic (exact) mass is 273 g/mol.